The van der Waals surface area contributed by atoms with Gasteiger partial charge in [-0.15, -0.1) is 0 Å². The van der Waals surface area contributed by atoms with Gasteiger partial charge >= 0.3 is 0 Å². The van der Waals surface area contributed by atoms with E-state index in [1.54, 1.807) is 12.1 Å². The first kappa shape index (κ1) is 18.3. The molecule has 0 atom stereocenters. The molecule has 2 aromatic carbocycles. The number of nitro groups is 1. The number of amides is 2. The Hall–Kier alpha value is -3.00. The molecule has 2 amide bonds. The molecule has 0 aliphatic carbocycles. The third-order valence-corrected chi connectivity index (χ3v) is 3.77. The van der Waals surface area contributed by atoms with Crippen molar-refractivity contribution in [2.75, 3.05) is 7.05 Å². The molecule has 2 N–H and O–H groups in total. The second-order valence-corrected chi connectivity index (χ2v) is 5.86. The van der Waals surface area contributed by atoms with Gasteiger partial charge in [0.15, 0.2) is 0 Å². The second-order valence-electron chi connectivity index (χ2n) is 4.95. The van der Waals surface area contributed by atoms with E-state index < -0.39 is 16.7 Å². The molecule has 0 aromatic heterocycles. The first-order valence-corrected chi connectivity index (χ1v) is 7.95. The summed E-state index contributed by atoms with van der Waals surface area (Å²) >= 11 is 3.32. The number of benzene rings is 2. The van der Waals surface area contributed by atoms with Gasteiger partial charge in [-0.1, -0.05) is 28.1 Å². The maximum atomic E-state index is 12.3. The monoisotopic (exact) mass is 403 g/mol. The fraction of sp³-hybridized carbons (Fsp3) is 0.0588. The van der Waals surface area contributed by atoms with Crippen LogP contribution in [0.15, 0.2) is 58.7 Å². The fourth-order valence-corrected chi connectivity index (χ4v) is 2.21. The molecule has 0 fully saturated rings. The van der Waals surface area contributed by atoms with Crippen LogP contribution in [0.2, 0.25) is 0 Å². The molecule has 7 nitrogen and oxygen atoms in total. The predicted octanol–water partition coefficient (Wildman–Crippen LogP) is 2.87. The highest BCUT2D eigenvalue weighted by Crippen LogP contribution is 2.14. The van der Waals surface area contributed by atoms with E-state index >= 15 is 0 Å². The summed E-state index contributed by atoms with van der Waals surface area (Å²) in [6.07, 6.45) is 1.54. The van der Waals surface area contributed by atoms with Crippen molar-refractivity contribution in [2.24, 2.45) is 0 Å². The molecule has 0 aliphatic rings. The van der Waals surface area contributed by atoms with Crippen molar-refractivity contribution >= 4 is 39.5 Å². The lowest BCUT2D eigenvalue weighted by Crippen LogP contribution is -2.33. The van der Waals surface area contributed by atoms with Crippen molar-refractivity contribution in [3.8, 4) is 0 Å². The first-order chi connectivity index (χ1) is 11.9. The van der Waals surface area contributed by atoms with Crippen LogP contribution in [-0.2, 0) is 4.79 Å². The number of halogens is 1. The van der Waals surface area contributed by atoms with Gasteiger partial charge in [0.05, 0.1) is 4.92 Å². The van der Waals surface area contributed by atoms with Crippen LogP contribution in [0.25, 0.3) is 6.08 Å². The van der Waals surface area contributed by atoms with Crippen LogP contribution in [0, 0.1) is 10.1 Å². The van der Waals surface area contributed by atoms with Crippen molar-refractivity contribution in [3.05, 3.63) is 79.9 Å². The quantitative estimate of drug-likeness (QED) is 0.455. The summed E-state index contributed by atoms with van der Waals surface area (Å²) < 4.78 is 0.890. The molecule has 0 aliphatic heterocycles. The fourth-order valence-electron chi connectivity index (χ4n) is 1.95. The summed E-state index contributed by atoms with van der Waals surface area (Å²) in [5.41, 5.74) is 0.878. The number of nitrogens with zero attached hydrogens (tertiary/aromatic N) is 1. The second kappa shape index (κ2) is 8.20. The van der Waals surface area contributed by atoms with Crippen molar-refractivity contribution in [1.29, 1.82) is 0 Å². The molecule has 0 saturated heterocycles. The Morgan fingerprint density at radius 3 is 2.20 bits per heavy atom. The van der Waals surface area contributed by atoms with Gasteiger partial charge in [-0.2, -0.15) is 0 Å². The molecule has 8 heteroatoms. The number of likely N-dealkylation sites (N-methyl/N-ethyl adjacent to an activating group) is 1. The molecule has 0 heterocycles. The summed E-state index contributed by atoms with van der Waals surface area (Å²) in [6.45, 7) is 0. The molecule has 25 heavy (non-hydrogen) atoms. The summed E-state index contributed by atoms with van der Waals surface area (Å²) in [5.74, 6) is -1.000. The van der Waals surface area contributed by atoms with E-state index in [4.69, 9.17) is 0 Å². The maximum absolute atomic E-state index is 12.3. The first-order valence-electron chi connectivity index (χ1n) is 7.16. The molecule has 0 unspecified atom stereocenters. The van der Waals surface area contributed by atoms with E-state index in [1.807, 2.05) is 12.1 Å². The molecular weight excluding hydrogens is 390 g/mol. The van der Waals surface area contributed by atoms with Crippen LogP contribution < -0.4 is 10.6 Å². The van der Waals surface area contributed by atoms with Crippen molar-refractivity contribution in [1.82, 2.24) is 10.6 Å². The summed E-state index contributed by atoms with van der Waals surface area (Å²) in [5, 5.41) is 15.6. The Labute approximate surface area is 152 Å². The average molecular weight is 404 g/mol. The Morgan fingerprint density at radius 2 is 1.68 bits per heavy atom. The Balaban J connectivity index is 2.24. The van der Waals surface area contributed by atoms with Gasteiger partial charge < -0.3 is 10.6 Å². The van der Waals surface area contributed by atoms with Crippen molar-refractivity contribution in [2.45, 2.75) is 0 Å². The third kappa shape index (κ3) is 4.98. The van der Waals surface area contributed by atoms with E-state index in [9.17, 15) is 19.7 Å². The Kier molecular flexibility index (Phi) is 6.02. The van der Waals surface area contributed by atoms with E-state index in [1.165, 1.54) is 37.4 Å². The SMILES string of the molecule is CNC(=O)/C(=C\c1ccc(Br)cc1)NC(=O)c1ccc([N+](=O)[O-])cc1. The zero-order chi connectivity index (χ0) is 18.4. The molecule has 0 bridgehead atoms. The van der Waals surface area contributed by atoms with Crippen LogP contribution in [0.5, 0.6) is 0 Å². The highest BCUT2D eigenvalue weighted by molar-refractivity contribution is 9.10. The lowest BCUT2D eigenvalue weighted by molar-refractivity contribution is -0.384. The van der Waals surface area contributed by atoms with E-state index in [-0.39, 0.29) is 16.9 Å². The Bertz CT molecular complexity index is 830. The lowest BCUT2D eigenvalue weighted by atomic mass is 10.1. The minimum absolute atomic E-state index is 0.0631. The third-order valence-electron chi connectivity index (χ3n) is 3.24. The molecular formula is C17H14BrN3O4. The van der Waals surface area contributed by atoms with Crippen LogP contribution in [0.1, 0.15) is 15.9 Å². The number of non-ortho nitro benzene ring substituents is 1. The van der Waals surface area contributed by atoms with Gasteiger partial charge in [0.2, 0.25) is 0 Å². The summed E-state index contributed by atoms with van der Waals surface area (Å²) in [7, 11) is 1.45. The number of nitro benzene ring substituents is 1. The smallest absolute Gasteiger partial charge is 0.269 e. The number of nitrogens with one attached hydrogen (secondary N) is 2. The molecule has 0 spiro atoms. The minimum Gasteiger partial charge on any atom is -0.354 e. The van der Waals surface area contributed by atoms with Crippen LogP contribution in [0.3, 0.4) is 0 Å². The molecule has 0 radical (unpaired) electrons. The normalized spacial score (nSPS) is 10.9. The molecule has 2 aromatic rings. The number of rotatable bonds is 5. The molecule has 128 valence electrons. The molecule has 0 saturated carbocycles. The van der Waals surface area contributed by atoms with Crippen LogP contribution >= 0.6 is 15.9 Å². The van der Waals surface area contributed by atoms with Gasteiger partial charge in [0.1, 0.15) is 5.70 Å². The zero-order valence-electron chi connectivity index (χ0n) is 13.2. The molecule has 2 rings (SSSR count). The average Bonchev–Trinajstić information content (AvgIpc) is 2.62. The standard InChI is InChI=1S/C17H14BrN3O4/c1-19-17(23)15(10-11-2-6-13(18)7-3-11)20-16(22)12-4-8-14(9-5-12)21(24)25/h2-10H,1H3,(H,19,23)(H,20,22)/b15-10+. The topological polar surface area (TPSA) is 101 Å². The number of hydrogen-bond acceptors (Lipinski definition) is 4. The van der Waals surface area contributed by atoms with Gasteiger partial charge in [-0.3, -0.25) is 19.7 Å². The van der Waals surface area contributed by atoms with Gasteiger partial charge in [-0.25, -0.2) is 0 Å². The van der Waals surface area contributed by atoms with Gasteiger partial charge in [0.25, 0.3) is 17.5 Å². The predicted molar refractivity (Wildman–Crippen MR) is 96.7 cm³/mol. The van der Waals surface area contributed by atoms with Crippen LogP contribution in [0.4, 0.5) is 5.69 Å². The largest absolute Gasteiger partial charge is 0.354 e. The van der Waals surface area contributed by atoms with Gasteiger partial charge in [0, 0.05) is 29.2 Å². The zero-order valence-corrected chi connectivity index (χ0v) is 14.7. The number of hydrogen-bond donors (Lipinski definition) is 2. The highest BCUT2D eigenvalue weighted by atomic mass is 79.9. The van der Waals surface area contributed by atoms with E-state index in [0.29, 0.717) is 0 Å². The van der Waals surface area contributed by atoms with Crippen LogP contribution in [-0.4, -0.2) is 23.8 Å². The van der Waals surface area contributed by atoms with Crippen molar-refractivity contribution in [3.63, 3.8) is 0 Å². The van der Waals surface area contributed by atoms with Crippen molar-refractivity contribution < 1.29 is 14.5 Å². The van der Waals surface area contributed by atoms with Gasteiger partial charge in [-0.05, 0) is 35.9 Å². The maximum Gasteiger partial charge on any atom is 0.269 e. The number of carbonyl (C=O) groups excluding carboxylic acids is 2. The summed E-state index contributed by atoms with van der Waals surface area (Å²) in [6, 6.07) is 12.3. The van der Waals surface area contributed by atoms with E-state index in [0.717, 1.165) is 10.0 Å². The number of carbonyl (C=O) groups is 2. The van der Waals surface area contributed by atoms with E-state index in [2.05, 4.69) is 26.6 Å². The highest BCUT2D eigenvalue weighted by Gasteiger charge is 2.14. The lowest BCUT2D eigenvalue weighted by Gasteiger charge is -2.09. The summed E-state index contributed by atoms with van der Waals surface area (Å²) in [4.78, 5) is 34.4. The minimum atomic E-state index is -0.551. The Morgan fingerprint density at radius 1 is 1.08 bits per heavy atom.